The molecule has 1 aromatic carbocycles. The molecule has 0 spiro atoms. The molecule has 6 heteroatoms. The zero-order valence-electron chi connectivity index (χ0n) is 9.36. The number of nitrogens with two attached hydrogens (primary N) is 1. The number of benzene rings is 1. The van der Waals surface area contributed by atoms with Crippen molar-refractivity contribution < 1.29 is 9.13 Å². The average molecular weight is 268 g/mol. The third-order valence-corrected chi connectivity index (χ3v) is 2.58. The number of nitrogens with one attached hydrogen (secondary N) is 1. The first-order valence-corrected chi connectivity index (χ1v) is 5.56. The van der Waals surface area contributed by atoms with Crippen molar-refractivity contribution in [1.29, 1.82) is 0 Å². The van der Waals surface area contributed by atoms with Crippen LogP contribution in [0.1, 0.15) is 5.56 Å². The van der Waals surface area contributed by atoms with Crippen molar-refractivity contribution in [2.45, 2.75) is 6.61 Å². The van der Waals surface area contributed by atoms with Crippen LogP contribution in [0.15, 0.2) is 36.5 Å². The van der Waals surface area contributed by atoms with Crippen molar-refractivity contribution >= 4 is 17.4 Å². The molecule has 1 heterocycles. The number of hydrazine groups is 1. The summed E-state index contributed by atoms with van der Waals surface area (Å²) >= 11 is 5.57. The van der Waals surface area contributed by atoms with E-state index in [4.69, 9.17) is 22.2 Å². The summed E-state index contributed by atoms with van der Waals surface area (Å²) in [6.07, 6.45) is 1.63. The lowest BCUT2D eigenvalue weighted by Crippen LogP contribution is -2.08. The van der Waals surface area contributed by atoms with Crippen molar-refractivity contribution in [3.8, 4) is 5.75 Å². The maximum atomic E-state index is 13.2. The van der Waals surface area contributed by atoms with E-state index in [0.29, 0.717) is 18.2 Å². The SMILES string of the molecule is NNc1ccc(COc2ccc(Cl)c(F)c2)cn1. The van der Waals surface area contributed by atoms with Crippen LogP contribution in [0.2, 0.25) is 5.02 Å². The largest absolute Gasteiger partial charge is 0.489 e. The Kier molecular flexibility index (Phi) is 3.96. The Morgan fingerprint density at radius 1 is 1.33 bits per heavy atom. The van der Waals surface area contributed by atoms with Crippen LogP contribution in [0.25, 0.3) is 0 Å². The molecule has 0 radical (unpaired) electrons. The highest BCUT2D eigenvalue weighted by Crippen LogP contribution is 2.21. The molecular weight excluding hydrogens is 257 g/mol. The first-order valence-electron chi connectivity index (χ1n) is 5.18. The summed E-state index contributed by atoms with van der Waals surface area (Å²) in [6.45, 7) is 0.291. The van der Waals surface area contributed by atoms with Gasteiger partial charge >= 0.3 is 0 Å². The summed E-state index contributed by atoms with van der Waals surface area (Å²) in [5.74, 6) is 5.67. The highest BCUT2D eigenvalue weighted by atomic mass is 35.5. The molecule has 0 saturated heterocycles. The quantitative estimate of drug-likeness (QED) is 0.661. The smallest absolute Gasteiger partial charge is 0.145 e. The van der Waals surface area contributed by atoms with E-state index >= 15 is 0 Å². The molecule has 0 bridgehead atoms. The predicted molar refractivity (Wildman–Crippen MR) is 67.8 cm³/mol. The van der Waals surface area contributed by atoms with Gasteiger partial charge in [0, 0.05) is 17.8 Å². The number of anilines is 1. The van der Waals surface area contributed by atoms with Crippen LogP contribution in [-0.2, 0) is 6.61 Å². The van der Waals surface area contributed by atoms with E-state index in [1.807, 2.05) is 6.07 Å². The molecule has 3 N–H and O–H groups in total. The van der Waals surface area contributed by atoms with Crippen LogP contribution in [0.3, 0.4) is 0 Å². The van der Waals surface area contributed by atoms with E-state index in [9.17, 15) is 4.39 Å². The molecular formula is C12H11ClFN3O. The number of aromatic nitrogens is 1. The first kappa shape index (κ1) is 12.6. The van der Waals surface area contributed by atoms with Gasteiger partial charge in [-0.1, -0.05) is 17.7 Å². The Labute approximate surface area is 109 Å². The zero-order valence-corrected chi connectivity index (χ0v) is 10.1. The fourth-order valence-corrected chi connectivity index (χ4v) is 1.45. The van der Waals surface area contributed by atoms with E-state index in [0.717, 1.165) is 5.56 Å². The van der Waals surface area contributed by atoms with Crippen molar-refractivity contribution in [2.24, 2.45) is 5.84 Å². The summed E-state index contributed by atoms with van der Waals surface area (Å²) in [7, 11) is 0. The molecule has 0 amide bonds. The Bertz CT molecular complexity index is 533. The molecule has 18 heavy (non-hydrogen) atoms. The Morgan fingerprint density at radius 2 is 2.17 bits per heavy atom. The third-order valence-electron chi connectivity index (χ3n) is 2.27. The van der Waals surface area contributed by atoms with Gasteiger partial charge in [-0.3, -0.25) is 0 Å². The molecule has 1 aromatic heterocycles. The lowest BCUT2D eigenvalue weighted by Gasteiger charge is -2.07. The molecule has 0 aliphatic rings. The van der Waals surface area contributed by atoms with Gasteiger partial charge in [0.2, 0.25) is 0 Å². The second-order valence-electron chi connectivity index (χ2n) is 3.56. The van der Waals surface area contributed by atoms with Gasteiger partial charge < -0.3 is 10.2 Å². The lowest BCUT2D eigenvalue weighted by molar-refractivity contribution is 0.304. The molecule has 94 valence electrons. The second-order valence-corrected chi connectivity index (χ2v) is 3.97. The van der Waals surface area contributed by atoms with Crippen LogP contribution in [0.4, 0.5) is 10.2 Å². The minimum Gasteiger partial charge on any atom is -0.489 e. The minimum absolute atomic E-state index is 0.0717. The van der Waals surface area contributed by atoms with Crippen molar-refractivity contribution in [2.75, 3.05) is 5.43 Å². The summed E-state index contributed by atoms with van der Waals surface area (Å²) < 4.78 is 18.6. The Morgan fingerprint density at radius 3 is 2.78 bits per heavy atom. The minimum atomic E-state index is -0.505. The second kappa shape index (κ2) is 5.66. The van der Waals surface area contributed by atoms with Crippen molar-refractivity contribution in [1.82, 2.24) is 4.98 Å². The molecule has 0 aliphatic carbocycles. The number of nitrogens with zero attached hydrogens (tertiary/aromatic N) is 1. The van der Waals surface area contributed by atoms with Gasteiger partial charge in [-0.2, -0.15) is 0 Å². The molecule has 2 aromatic rings. The molecule has 2 rings (SSSR count). The van der Waals surface area contributed by atoms with Gasteiger partial charge in [0.05, 0.1) is 5.02 Å². The predicted octanol–water partition coefficient (Wildman–Crippen LogP) is 2.74. The van der Waals surface area contributed by atoms with Gasteiger partial charge in [0.15, 0.2) is 0 Å². The highest BCUT2D eigenvalue weighted by Gasteiger charge is 2.02. The summed E-state index contributed by atoms with van der Waals surface area (Å²) in [4.78, 5) is 4.03. The van der Waals surface area contributed by atoms with E-state index in [-0.39, 0.29) is 5.02 Å². The van der Waals surface area contributed by atoms with Crippen molar-refractivity contribution in [3.63, 3.8) is 0 Å². The monoisotopic (exact) mass is 267 g/mol. The first-order chi connectivity index (χ1) is 8.69. The van der Waals surface area contributed by atoms with Gasteiger partial charge in [-0.05, 0) is 18.2 Å². The molecule has 0 unspecified atom stereocenters. The van der Waals surface area contributed by atoms with Crippen LogP contribution < -0.4 is 16.0 Å². The Hall–Kier alpha value is -1.85. The summed E-state index contributed by atoms with van der Waals surface area (Å²) in [5, 5.41) is 0.0717. The normalized spacial score (nSPS) is 10.2. The summed E-state index contributed by atoms with van der Waals surface area (Å²) in [6, 6.07) is 7.84. The molecule has 4 nitrogen and oxygen atoms in total. The number of rotatable bonds is 4. The molecule has 0 saturated carbocycles. The fourth-order valence-electron chi connectivity index (χ4n) is 1.33. The van der Waals surface area contributed by atoms with E-state index in [1.54, 1.807) is 18.3 Å². The van der Waals surface area contributed by atoms with E-state index in [1.165, 1.54) is 12.1 Å². The van der Waals surface area contributed by atoms with Crippen LogP contribution in [-0.4, -0.2) is 4.98 Å². The number of nitrogen functional groups attached to an aromatic ring is 1. The number of ether oxygens (including phenoxy) is 1. The lowest BCUT2D eigenvalue weighted by atomic mass is 10.3. The maximum Gasteiger partial charge on any atom is 0.145 e. The van der Waals surface area contributed by atoms with Crippen molar-refractivity contribution in [3.05, 3.63) is 52.9 Å². The molecule has 0 atom stereocenters. The maximum absolute atomic E-state index is 13.2. The number of pyridine rings is 1. The molecule has 0 fully saturated rings. The van der Waals surface area contributed by atoms with Gasteiger partial charge in [0.25, 0.3) is 0 Å². The highest BCUT2D eigenvalue weighted by molar-refractivity contribution is 6.30. The number of halogens is 2. The van der Waals surface area contributed by atoms with Crippen LogP contribution >= 0.6 is 11.6 Å². The Balaban J connectivity index is 1.99. The summed E-state index contributed by atoms with van der Waals surface area (Å²) in [5.41, 5.74) is 3.28. The fraction of sp³-hybridized carbons (Fsp3) is 0.0833. The molecule has 0 aliphatic heterocycles. The van der Waals surface area contributed by atoms with Gasteiger partial charge in [-0.15, -0.1) is 0 Å². The van der Waals surface area contributed by atoms with Crippen LogP contribution in [0, 0.1) is 5.82 Å². The van der Waals surface area contributed by atoms with E-state index < -0.39 is 5.82 Å². The number of hydrogen-bond acceptors (Lipinski definition) is 4. The topological polar surface area (TPSA) is 60.2 Å². The van der Waals surface area contributed by atoms with Gasteiger partial charge in [0.1, 0.15) is 24.0 Å². The zero-order chi connectivity index (χ0) is 13.0. The van der Waals surface area contributed by atoms with Gasteiger partial charge in [-0.25, -0.2) is 15.2 Å². The average Bonchev–Trinajstić information content (AvgIpc) is 2.41. The third kappa shape index (κ3) is 3.09. The standard InChI is InChI=1S/C12H11ClFN3O/c13-10-3-2-9(5-11(10)14)18-7-8-1-4-12(17-15)16-6-8/h1-6H,7,15H2,(H,16,17). The number of hydrogen-bond donors (Lipinski definition) is 2. The van der Waals surface area contributed by atoms with Crippen LogP contribution in [0.5, 0.6) is 5.75 Å². The van der Waals surface area contributed by atoms with E-state index in [2.05, 4.69) is 10.4 Å².